The van der Waals surface area contributed by atoms with E-state index in [1.807, 2.05) is 4.68 Å². The van der Waals surface area contributed by atoms with E-state index in [9.17, 15) is 8.42 Å². The molecule has 21 heavy (non-hydrogen) atoms. The van der Waals surface area contributed by atoms with Gasteiger partial charge in [-0.25, -0.2) is 8.42 Å². The summed E-state index contributed by atoms with van der Waals surface area (Å²) in [7, 11) is -3.18. The highest BCUT2D eigenvalue weighted by molar-refractivity contribution is 7.89. The zero-order valence-electron chi connectivity index (χ0n) is 12.7. The first-order valence-corrected chi connectivity index (χ1v) is 9.35. The highest BCUT2D eigenvalue weighted by Crippen LogP contribution is 2.37. The third-order valence-corrected chi connectivity index (χ3v) is 6.35. The van der Waals surface area contributed by atoms with Crippen molar-refractivity contribution in [1.29, 1.82) is 0 Å². The van der Waals surface area contributed by atoms with Crippen LogP contribution in [0, 0.1) is 0 Å². The Morgan fingerprint density at radius 2 is 2.19 bits per heavy atom. The van der Waals surface area contributed by atoms with E-state index in [1.165, 1.54) is 5.69 Å². The number of aromatic nitrogens is 2. The number of hydrogen-bond acceptors (Lipinski definition) is 4. The zero-order valence-corrected chi connectivity index (χ0v) is 13.5. The standard InChI is InChI=1S/C14H23N3O3S/c1-3-16-12-7-9-20-10-11(12)14(15-16)13-6-5-8-17(13)21(18,19)4-2/h13H,3-10H2,1-2H3. The maximum absolute atomic E-state index is 12.3. The Hall–Kier alpha value is -0.920. The number of ether oxygens (including phenoxy) is 1. The van der Waals surface area contributed by atoms with Gasteiger partial charge in [-0.2, -0.15) is 9.40 Å². The first-order valence-electron chi connectivity index (χ1n) is 7.74. The van der Waals surface area contributed by atoms with Crippen LogP contribution in [0.25, 0.3) is 0 Å². The van der Waals surface area contributed by atoms with Gasteiger partial charge in [0.05, 0.1) is 30.7 Å². The van der Waals surface area contributed by atoms with Crippen molar-refractivity contribution in [3.8, 4) is 0 Å². The maximum atomic E-state index is 12.3. The Morgan fingerprint density at radius 3 is 2.90 bits per heavy atom. The first-order chi connectivity index (χ1) is 10.1. The molecule has 0 N–H and O–H groups in total. The quantitative estimate of drug-likeness (QED) is 0.844. The third kappa shape index (κ3) is 2.51. The second-order valence-corrected chi connectivity index (χ2v) is 7.81. The number of fused-ring (bicyclic) bond motifs is 1. The molecule has 1 aromatic rings. The molecule has 0 amide bonds. The summed E-state index contributed by atoms with van der Waals surface area (Å²) in [4.78, 5) is 0. The van der Waals surface area contributed by atoms with Gasteiger partial charge in [-0.15, -0.1) is 0 Å². The van der Waals surface area contributed by atoms with Crippen LogP contribution in [0.3, 0.4) is 0 Å². The number of hydrogen-bond donors (Lipinski definition) is 0. The Bertz CT molecular complexity index is 624. The Balaban J connectivity index is 2.02. The lowest BCUT2D eigenvalue weighted by molar-refractivity contribution is 0.107. The second kappa shape index (κ2) is 5.70. The van der Waals surface area contributed by atoms with Crippen LogP contribution in [0.5, 0.6) is 0 Å². The molecular weight excluding hydrogens is 290 g/mol. The molecule has 2 aliphatic heterocycles. The molecule has 6 nitrogen and oxygen atoms in total. The van der Waals surface area contributed by atoms with Crippen molar-refractivity contribution < 1.29 is 13.2 Å². The summed E-state index contributed by atoms with van der Waals surface area (Å²) in [5, 5.41) is 4.72. The minimum atomic E-state index is -3.18. The minimum absolute atomic E-state index is 0.113. The molecule has 118 valence electrons. The van der Waals surface area contributed by atoms with Gasteiger partial charge in [0.1, 0.15) is 0 Å². The zero-order chi connectivity index (χ0) is 15.0. The fourth-order valence-corrected chi connectivity index (χ4v) is 4.71. The van der Waals surface area contributed by atoms with Crippen molar-refractivity contribution in [2.75, 3.05) is 18.9 Å². The molecule has 2 aliphatic rings. The average Bonchev–Trinajstić information content (AvgIpc) is 3.11. The smallest absolute Gasteiger partial charge is 0.214 e. The highest BCUT2D eigenvalue weighted by Gasteiger charge is 2.38. The van der Waals surface area contributed by atoms with Gasteiger partial charge in [-0.1, -0.05) is 0 Å². The van der Waals surface area contributed by atoms with Crippen molar-refractivity contribution in [2.45, 2.75) is 52.3 Å². The van der Waals surface area contributed by atoms with E-state index in [4.69, 9.17) is 9.84 Å². The summed E-state index contributed by atoms with van der Waals surface area (Å²) >= 11 is 0. The Morgan fingerprint density at radius 1 is 1.38 bits per heavy atom. The van der Waals surface area contributed by atoms with Gasteiger partial charge in [0, 0.05) is 30.8 Å². The van der Waals surface area contributed by atoms with Gasteiger partial charge < -0.3 is 4.74 Å². The second-order valence-electron chi connectivity index (χ2n) is 5.60. The normalized spacial score (nSPS) is 23.4. The molecule has 3 heterocycles. The molecule has 0 bridgehead atoms. The first kappa shape index (κ1) is 15.0. The predicted octanol–water partition coefficient (Wildman–Crippen LogP) is 1.46. The maximum Gasteiger partial charge on any atom is 0.214 e. The van der Waals surface area contributed by atoms with E-state index < -0.39 is 10.0 Å². The van der Waals surface area contributed by atoms with Crippen LogP contribution in [0.4, 0.5) is 0 Å². The molecule has 1 atom stereocenters. The number of sulfonamides is 1. The molecule has 0 saturated carbocycles. The molecule has 3 rings (SSSR count). The predicted molar refractivity (Wildman–Crippen MR) is 79.4 cm³/mol. The minimum Gasteiger partial charge on any atom is -0.376 e. The van der Waals surface area contributed by atoms with Crippen molar-refractivity contribution in [2.24, 2.45) is 0 Å². The summed E-state index contributed by atoms with van der Waals surface area (Å²) in [5.74, 6) is 0.149. The van der Waals surface area contributed by atoms with Crippen molar-refractivity contribution in [1.82, 2.24) is 14.1 Å². The number of nitrogens with zero attached hydrogens (tertiary/aromatic N) is 3. The van der Waals surface area contributed by atoms with Gasteiger partial charge in [0.25, 0.3) is 0 Å². The van der Waals surface area contributed by atoms with Crippen LogP contribution in [-0.2, 0) is 34.3 Å². The highest BCUT2D eigenvalue weighted by atomic mass is 32.2. The molecular formula is C14H23N3O3S. The Kier molecular flexibility index (Phi) is 4.07. The molecule has 7 heteroatoms. The summed E-state index contributed by atoms with van der Waals surface area (Å²) in [6, 6.07) is -0.113. The van der Waals surface area contributed by atoms with E-state index in [1.54, 1.807) is 11.2 Å². The average molecular weight is 313 g/mol. The van der Waals surface area contributed by atoms with Crippen LogP contribution in [0.15, 0.2) is 0 Å². The van der Waals surface area contributed by atoms with E-state index in [2.05, 4.69) is 6.92 Å². The van der Waals surface area contributed by atoms with Crippen LogP contribution in [0.2, 0.25) is 0 Å². The summed E-state index contributed by atoms with van der Waals surface area (Å²) in [6.45, 7) is 6.47. The van der Waals surface area contributed by atoms with Crippen LogP contribution < -0.4 is 0 Å². The number of rotatable bonds is 4. The van der Waals surface area contributed by atoms with Gasteiger partial charge in [0.15, 0.2) is 0 Å². The van der Waals surface area contributed by atoms with E-state index >= 15 is 0 Å². The van der Waals surface area contributed by atoms with Gasteiger partial charge in [0.2, 0.25) is 10.0 Å². The van der Waals surface area contributed by atoms with Gasteiger partial charge >= 0.3 is 0 Å². The summed E-state index contributed by atoms with van der Waals surface area (Å²) in [5.41, 5.74) is 3.26. The third-order valence-electron chi connectivity index (χ3n) is 4.47. The molecule has 1 unspecified atom stereocenters. The molecule has 0 radical (unpaired) electrons. The topological polar surface area (TPSA) is 64.4 Å². The largest absolute Gasteiger partial charge is 0.376 e. The van der Waals surface area contributed by atoms with Crippen LogP contribution in [0.1, 0.15) is 49.7 Å². The van der Waals surface area contributed by atoms with Crippen LogP contribution in [-0.4, -0.2) is 41.4 Å². The number of aryl methyl sites for hydroxylation is 1. The fraction of sp³-hybridized carbons (Fsp3) is 0.786. The lowest BCUT2D eigenvalue weighted by Crippen LogP contribution is -2.32. The lowest BCUT2D eigenvalue weighted by atomic mass is 10.0. The van der Waals surface area contributed by atoms with E-state index in [-0.39, 0.29) is 11.8 Å². The molecule has 0 aliphatic carbocycles. The monoisotopic (exact) mass is 313 g/mol. The Labute approximate surface area is 126 Å². The molecule has 1 fully saturated rings. The van der Waals surface area contributed by atoms with E-state index in [0.29, 0.717) is 13.2 Å². The summed E-state index contributed by atoms with van der Waals surface area (Å²) in [6.07, 6.45) is 2.62. The molecule has 1 saturated heterocycles. The van der Waals surface area contributed by atoms with E-state index in [0.717, 1.165) is 43.7 Å². The molecule has 0 spiro atoms. The van der Waals surface area contributed by atoms with Gasteiger partial charge in [-0.05, 0) is 26.7 Å². The van der Waals surface area contributed by atoms with Crippen LogP contribution >= 0.6 is 0 Å². The fourth-order valence-electron chi connectivity index (χ4n) is 3.38. The van der Waals surface area contributed by atoms with Crippen molar-refractivity contribution in [3.05, 3.63) is 17.0 Å². The van der Waals surface area contributed by atoms with Gasteiger partial charge in [-0.3, -0.25) is 4.68 Å². The van der Waals surface area contributed by atoms with Crippen molar-refractivity contribution >= 4 is 10.0 Å². The van der Waals surface area contributed by atoms with Crippen molar-refractivity contribution in [3.63, 3.8) is 0 Å². The molecule has 0 aromatic carbocycles. The lowest BCUT2D eigenvalue weighted by Gasteiger charge is -2.23. The summed E-state index contributed by atoms with van der Waals surface area (Å²) < 4.78 is 33.8. The SMILES string of the molecule is CCn1nc(C2CCCN2S(=O)(=O)CC)c2c1CCOC2. The molecule has 1 aromatic heterocycles.